The highest BCUT2D eigenvalue weighted by Crippen LogP contribution is 2.11. The van der Waals surface area contributed by atoms with Crippen molar-refractivity contribution in [3.8, 4) is 5.69 Å². The average molecular weight is 411 g/mol. The maximum absolute atomic E-state index is 13.1. The van der Waals surface area contributed by atoms with Gasteiger partial charge in [-0.2, -0.15) is 5.10 Å². The van der Waals surface area contributed by atoms with Crippen LogP contribution in [0.15, 0.2) is 64.3 Å². The number of benzene rings is 1. The highest BCUT2D eigenvalue weighted by Gasteiger charge is 2.15. The first-order valence-electron chi connectivity index (χ1n) is 10.2. The van der Waals surface area contributed by atoms with E-state index in [-0.39, 0.29) is 5.82 Å². The van der Waals surface area contributed by atoms with E-state index in [4.69, 9.17) is 9.15 Å². The van der Waals surface area contributed by atoms with Crippen LogP contribution in [-0.2, 0) is 17.7 Å². The van der Waals surface area contributed by atoms with Crippen LogP contribution >= 0.6 is 0 Å². The van der Waals surface area contributed by atoms with Gasteiger partial charge in [0.15, 0.2) is 5.96 Å². The number of hydrogen-bond donors (Lipinski definition) is 2. The smallest absolute Gasteiger partial charge is 0.191 e. The lowest BCUT2D eigenvalue weighted by Gasteiger charge is -2.14. The summed E-state index contributed by atoms with van der Waals surface area (Å²) in [5, 5.41) is 11.3. The molecule has 1 aliphatic rings. The second-order valence-corrected chi connectivity index (χ2v) is 7.26. The van der Waals surface area contributed by atoms with Gasteiger partial charge in [-0.25, -0.2) is 14.1 Å². The molecule has 8 heteroatoms. The number of aliphatic imine (C=N–C) groups is 1. The Hall–Kier alpha value is -3.13. The van der Waals surface area contributed by atoms with Crippen molar-refractivity contribution in [3.63, 3.8) is 0 Å². The van der Waals surface area contributed by atoms with Gasteiger partial charge in [-0.3, -0.25) is 0 Å². The normalized spacial score (nSPS) is 16.7. The van der Waals surface area contributed by atoms with E-state index in [2.05, 4.69) is 20.7 Å². The molecule has 3 heterocycles. The van der Waals surface area contributed by atoms with Gasteiger partial charge < -0.3 is 19.8 Å². The summed E-state index contributed by atoms with van der Waals surface area (Å²) in [6.45, 7) is 3.58. The Balaban J connectivity index is 1.36. The molecule has 1 unspecified atom stereocenters. The molecule has 0 aliphatic carbocycles. The summed E-state index contributed by atoms with van der Waals surface area (Å²) < 4.78 is 25.7. The molecular formula is C22H26FN5O2. The Morgan fingerprint density at radius 2 is 2.10 bits per heavy atom. The van der Waals surface area contributed by atoms with Crippen LogP contribution in [0.1, 0.15) is 17.9 Å². The molecule has 3 aromatic rings. The lowest BCUT2D eigenvalue weighted by Crippen LogP contribution is -2.40. The molecule has 1 fully saturated rings. The summed E-state index contributed by atoms with van der Waals surface area (Å²) in [7, 11) is 0. The first kappa shape index (κ1) is 20.2. The predicted octanol–water partition coefficient (Wildman–Crippen LogP) is 2.92. The zero-order chi connectivity index (χ0) is 20.6. The number of nitrogens with one attached hydrogen (secondary N) is 2. The highest BCUT2D eigenvalue weighted by atomic mass is 19.1. The van der Waals surface area contributed by atoms with Gasteiger partial charge in [-0.1, -0.05) is 0 Å². The predicted molar refractivity (Wildman–Crippen MR) is 112 cm³/mol. The maximum Gasteiger partial charge on any atom is 0.191 e. The van der Waals surface area contributed by atoms with E-state index < -0.39 is 0 Å². The maximum atomic E-state index is 13.1. The third-order valence-electron chi connectivity index (χ3n) is 4.96. The van der Waals surface area contributed by atoms with Gasteiger partial charge in [0, 0.05) is 38.2 Å². The standard InChI is InChI=1S/C22H26FN5O2/c23-18-3-5-20(6-4-18)28-11-8-19(27-28)15-26-22(25-14-17-9-13-29-16-17)24-10-7-21-2-1-12-30-21/h1-6,8,11-12,17H,7,9-10,13-16H2,(H2,24,25,26). The van der Waals surface area contributed by atoms with Crippen LogP contribution in [0.25, 0.3) is 5.69 Å². The van der Waals surface area contributed by atoms with E-state index in [1.54, 1.807) is 23.1 Å². The molecule has 0 saturated carbocycles. The topological polar surface area (TPSA) is 76.6 Å². The number of aromatic nitrogens is 2. The monoisotopic (exact) mass is 411 g/mol. The Labute approximate surface area is 174 Å². The quantitative estimate of drug-likeness (QED) is 0.440. The number of nitrogens with zero attached hydrogens (tertiary/aromatic N) is 3. The molecule has 1 saturated heterocycles. The fourth-order valence-corrected chi connectivity index (χ4v) is 3.26. The molecule has 4 rings (SSSR count). The number of rotatable bonds is 8. The van der Waals surface area contributed by atoms with Crippen LogP contribution in [0, 0.1) is 11.7 Å². The van der Waals surface area contributed by atoms with Crippen molar-refractivity contribution in [2.75, 3.05) is 26.3 Å². The molecule has 2 N–H and O–H groups in total. The molecule has 0 spiro atoms. The number of furan rings is 1. The molecule has 0 radical (unpaired) electrons. The molecule has 0 amide bonds. The second-order valence-electron chi connectivity index (χ2n) is 7.26. The largest absolute Gasteiger partial charge is 0.469 e. The lowest BCUT2D eigenvalue weighted by atomic mass is 10.1. The van der Waals surface area contributed by atoms with Crippen molar-refractivity contribution < 1.29 is 13.5 Å². The average Bonchev–Trinajstić information content (AvgIpc) is 3.53. The molecular weight excluding hydrogens is 385 g/mol. The summed E-state index contributed by atoms with van der Waals surface area (Å²) in [5.41, 5.74) is 1.64. The molecule has 1 aromatic carbocycles. The van der Waals surface area contributed by atoms with E-state index in [9.17, 15) is 4.39 Å². The summed E-state index contributed by atoms with van der Waals surface area (Å²) in [6.07, 6.45) is 5.37. The zero-order valence-electron chi connectivity index (χ0n) is 16.8. The molecule has 1 aliphatic heterocycles. The van der Waals surface area contributed by atoms with E-state index in [1.807, 2.05) is 24.4 Å². The Morgan fingerprint density at radius 3 is 2.87 bits per heavy atom. The van der Waals surface area contributed by atoms with Gasteiger partial charge in [0.1, 0.15) is 11.6 Å². The van der Waals surface area contributed by atoms with E-state index in [1.165, 1.54) is 12.1 Å². The van der Waals surface area contributed by atoms with Gasteiger partial charge in [0.25, 0.3) is 0 Å². The van der Waals surface area contributed by atoms with Crippen LogP contribution in [0.3, 0.4) is 0 Å². The number of guanidine groups is 1. The molecule has 7 nitrogen and oxygen atoms in total. The molecule has 0 bridgehead atoms. The van der Waals surface area contributed by atoms with Crippen molar-refractivity contribution in [1.29, 1.82) is 0 Å². The highest BCUT2D eigenvalue weighted by molar-refractivity contribution is 5.79. The van der Waals surface area contributed by atoms with Crippen LogP contribution in [0.5, 0.6) is 0 Å². The van der Waals surface area contributed by atoms with Crippen molar-refractivity contribution in [3.05, 3.63) is 72.2 Å². The van der Waals surface area contributed by atoms with Crippen LogP contribution in [-0.4, -0.2) is 42.0 Å². The third kappa shape index (κ3) is 5.70. The minimum atomic E-state index is -0.264. The van der Waals surface area contributed by atoms with Gasteiger partial charge >= 0.3 is 0 Å². The van der Waals surface area contributed by atoms with Gasteiger partial charge in [-0.15, -0.1) is 0 Å². The Kier molecular flexibility index (Phi) is 6.76. The van der Waals surface area contributed by atoms with Gasteiger partial charge in [0.05, 0.1) is 30.8 Å². The van der Waals surface area contributed by atoms with Crippen LogP contribution in [0.2, 0.25) is 0 Å². The van der Waals surface area contributed by atoms with E-state index in [0.717, 1.165) is 55.7 Å². The van der Waals surface area contributed by atoms with Gasteiger partial charge in [-0.05, 0) is 48.9 Å². The first-order valence-corrected chi connectivity index (χ1v) is 10.2. The van der Waals surface area contributed by atoms with Crippen LogP contribution in [0.4, 0.5) is 4.39 Å². The molecule has 2 aromatic heterocycles. The second kappa shape index (κ2) is 10.1. The van der Waals surface area contributed by atoms with Crippen molar-refractivity contribution in [2.45, 2.75) is 19.4 Å². The fraction of sp³-hybridized carbons (Fsp3) is 0.364. The zero-order valence-corrected chi connectivity index (χ0v) is 16.8. The number of ether oxygens (including phenoxy) is 1. The summed E-state index contributed by atoms with van der Waals surface area (Å²) in [4.78, 5) is 4.68. The fourth-order valence-electron chi connectivity index (χ4n) is 3.26. The van der Waals surface area contributed by atoms with Crippen molar-refractivity contribution in [2.24, 2.45) is 10.9 Å². The first-order chi connectivity index (χ1) is 14.8. The SMILES string of the molecule is Fc1ccc(-n2ccc(CN=C(NCCc3ccco3)NCC3CCOC3)n2)cc1. The third-order valence-corrected chi connectivity index (χ3v) is 4.96. The number of halogens is 1. The molecule has 30 heavy (non-hydrogen) atoms. The Bertz CT molecular complexity index is 931. The van der Waals surface area contributed by atoms with E-state index in [0.29, 0.717) is 19.0 Å². The minimum Gasteiger partial charge on any atom is -0.469 e. The van der Waals surface area contributed by atoms with Crippen molar-refractivity contribution >= 4 is 5.96 Å². The Morgan fingerprint density at radius 1 is 1.20 bits per heavy atom. The van der Waals surface area contributed by atoms with Crippen molar-refractivity contribution in [1.82, 2.24) is 20.4 Å². The summed E-state index contributed by atoms with van der Waals surface area (Å²) in [5.74, 6) is 1.91. The minimum absolute atomic E-state index is 0.264. The lowest BCUT2D eigenvalue weighted by molar-refractivity contribution is 0.186. The van der Waals surface area contributed by atoms with Crippen LogP contribution < -0.4 is 10.6 Å². The van der Waals surface area contributed by atoms with E-state index >= 15 is 0 Å². The molecule has 1 atom stereocenters. The summed E-state index contributed by atoms with van der Waals surface area (Å²) in [6, 6.07) is 12.0. The molecule has 158 valence electrons. The number of hydrogen-bond acceptors (Lipinski definition) is 4. The van der Waals surface area contributed by atoms with Gasteiger partial charge in [0.2, 0.25) is 0 Å². The summed E-state index contributed by atoms with van der Waals surface area (Å²) >= 11 is 0.